The molecule has 2 heterocycles. The van der Waals surface area contributed by atoms with E-state index in [4.69, 9.17) is 4.74 Å². The minimum absolute atomic E-state index is 0.0142. The summed E-state index contributed by atoms with van der Waals surface area (Å²) in [6.07, 6.45) is 2.89. The quantitative estimate of drug-likeness (QED) is 0.590. The highest BCUT2D eigenvalue weighted by molar-refractivity contribution is 9.10. The number of hydrogen-bond acceptors (Lipinski definition) is 6. The van der Waals surface area contributed by atoms with E-state index in [0.717, 1.165) is 32.5 Å². The van der Waals surface area contributed by atoms with Crippen molar-refractivity contribution in [2.45, 2.75) is 26.3 Å². The van der Waals surface area contributed by atoms with Gasteiger partial charge in [0.25, 0.3) is 0 Å². The van der Waals surface area contributed by atoms with Crippen molar-refractivity contribution in [3.8, 4) is 0 Å². The first-order valence-electron chi connectivity index (χ1n) is 7.91. The van der Waals surface area contributed by atoms with Gasteiger partial charge in [0.05, 0.1) is 18.7 Å². The molecule has 1 aromatic carbocycles. The Bertz CT molecular complexity index is 926. The number of benzene rings is 1. The lowest BCUT2D eigenvalue weighted by atomic mass is 10.1. The number of aromatic nitrogens is 2. The van der Waals surface area contributed by atoms with Gasteiger partial charge in [-0.1, -0.05) is 22.9 Å². The first-order valence-corrected chi connectivity index (χ1v) is 9.52. The molecule has 1 unspecified atom stereocenters. The van der Waals surface area contributed by atoms with Crippen molar-refractivity contribution in [2.24, 2.45) is 0 Å². The van der Waals surface area contributed by atoms with Gasteiger partial charge in [0.15, 0.2) is 5.69 Å². The average molecular weight is 420 g/mol. The molecule has 1 atom stereocenters. The summed E-state index contributed by atoms with van der Waals surface area (Å²) >= 11 is 5.19. The van der Waals surface area contributed by atoms with E-state index < -0.39 is 5.97 Å². The number of halogens is 1. The Hall–Kier alpha value is -1.99. The number of rotatable bonds is 5. The number of hydrogen-bond donors (Lipinski definition) is 1. The van der Waals surface area contributed by atoms with E-state index in [-0.39, 0.29) is 11.7 Å². The zero-order chi connectivity index (χ0) is 18.0. The molecule has 0 saturated heterocycles. The van der Waals surface area contributed by atoms with Gasteiger partial charge >= 0.3 is 5.97 Å². The lowest BCUT2D eigenvalue weighted by molar-refractivity contribution is 0.0594. The molecular formula is C18H18BrN3O2S. The molecule has 130 valence electrons. The largest absolute Gasteiger partial charge is 0.464 e. The Kier molecular flexibility index (Phi) is 5.34. The third-order valence-electron chi connectivity index (χ3n) is 3.83. The van der Waals surface area contributed by atoms with E-state index in [2.05, 4.69) is 45.1 Å². The van der Waals surface area contributed by atoms with E-state index in [1.165, 1.54) is 12.0 Å². The molecule has 2 aromatic heterocycles. The number of anilines is 1. The van der Waals surface area contributed by atoms with Crippen LogP contribution in [-0.2, 0) is 11.2 Å². The van der Waals surface area contributed by atoms with E-state index in [0.29, 0.717) is 0 Å². The normalized spacial score (nSPS) is 12.2. The van der Waals surface area contributed by atoms with Crippen molar-refractivity contribution in [2.75, 3.05) is 12.4 Å². The number of aryl methyl sites for hydroxylation is 1. The minimum Gasteiger partial charge on any atom is -0.464 e. The summed E-state index contributed by atoms with van der Waals surface area (Å²) in [6.45, 7) is 4.17. The van der Waals surface area contributed by atoms with Crippen LogP contribution in [0.4, 0.5) is 5.69 Å². The van der Waals surface area contributed by atoms with Crippen molar-refractivity contribution in [3.63, 3.8) is 0 Å². The Morgan fingerprint density at radius 2 is 2.20 bits per heavy atom. The van der Waals surface area contributed by atoms with Gasteiger partial charge in [-0.05, 0) is 37.6 Å². The third kappa shape index (κ3) is 3.82. The average Bonchev–Trinajstić information content (AvgIpc) is 3.10. The van der Waals surface area contributed by atoms with Gasteiger partial charge in [-0.2, -0.15) is 0 Å². The lowest BCUT2D eigenvalue weighted by Gasteiger charge is -2.16. The van der Waals surface area contributed by atoms with E-state index in [9.17, 15) is 4.79 Å². The summed E-state index contributed by atoms with van der Waals surface area (Å²) < 4.78 is 5.77. The van der Waals surface area contributed by atoms with Gasteiger partial charge in [0.1, 0.15) is 5.01 Å². The predicted molar refractivity (Wildman–Crippen MR) is 104 cm³/mol. The molecule has 25 heavy (non-hydrogen) atoms. The highest BCUT2D eigenvalue weighted by Gasteiger charge is 2.16. The molecule has 3 rings (SSSR count). The molecule has 3 aromatic rings. The monoisotopic (exact) mass is 419 g/mol. The first kappa shape index (κ1) is 17.8. The molecule has 0 saturated carbocycles. The number of ether oxygens (including phenoxy) is 1. The van der Waals surface area contributed by atoms with E-state index >= 15 is 0 Å². The fourth-order valence-electron chi connectivity index (χ4n) is 2.51. The van der Waals surface area contributed by atoms with Gasteiger partial charge in [0, 0.05) is 26.6 Å². The molecule has 0 radical (unpaired) electrons. The molecule has 0 aliphatic carbocycles. The molecule has 7 heteroatoms. The number of esters is 1. The molecule has 0 aliphatic rings. The number of nitrogens with one attached hydrogen (secondary N) is 1. The molecule has 1 N–H and O–H groups in total. The number of fused-ring (bicyclic) bond motifs is 1. The van der Waals surface area contributed by atoms with Crippen molar-refractivity contribution >= 4 is 49.8 Å². The third-order valence-corrected chi connectivity index (χ3v) is 5.65. The predicted octanol–water partition coefficient (Wildman–Crippen LogP) is 4.98. The minimum atomic E-state index is -0.456. The Morgan fingerprint density at radius 3 is 2.88 bits per heavy atom. The second-order valence-corrected chi connectivity index (χ2v) is 7.65. The standard InChI is InChI=1S/C18H18BrN3O2S/c1-4-12-9-20-17(25-12)10(2)21-15-8-16(18(23)24-3)22-14-6-5-11(19)7-13(14)15/h5-10H,4H2,1-3H3,(H,21,22). The van der Waals surface area contributed by atoms with Crippen LogP contribution in [0.5, 0.6) is 0 Å². The number of carbonyl (C=O) groups excluding carboxylic acids is 1. The molecule has 0 amide bonds. The summed E-state index contributed by atoms with van der Waals surface area (Å²) in [6, 6.07) is 7.50. The maximum atomic E-state index is 11.9. The summed E-state index contributed by atoms with van der Waals surface area (Å²) in [5.74, 6) is -0.456. The van der Waals surface area contributed by atoms with Crippen LogP contribution in [0.1, 0.15) is 40.3 Å². The number of carbonyl (C=O) groups is 1. The van der Waals surface area contributed by atoms with Crippen LogP contribution >= 0.6 is 27.3 Å². The summed E-state index contributed by atoms with van der Waals surface area (Å²) in [4.78, 5) is 22.1. The van der Waals surface area contributed by atoms with Gasteiger partial charge < -0.3 is 10.1 Å². The molecule has 0 fully saturated rings. The number of thiazole rings is 1. The van der Waals surface area contributed by atoms with Crippen molar-refractivity contribution in [3.05, 3.63) is 50.5 Å². The van der Waals surface area contributed by atoms with Crippen molar-refractivity contribution in [1.82, 2.24) is 9.97 Å². The highest BCUT2D eigenvalue weighted by Crippen LogP contribution is 2.31. The highest BCUT2D eigenvalue weighted by atomic mass is 79.9. The zero-order valence-corrected chi connectivity index (χ0v) is 16.6. The second-order valence-electron chi connectivity index (χ2n) is 5.59. The first-order chi connectivity index (χ1) is 12.0. The topological polar surface area (TPSA) is 64.1 Å². The van der Waals surface area contributed by atoms with Crippen molar-refractivity contribution in [1.29, 1.82) is 0 Å². The molecular weight excluding hydrogens is 402 g/mol. The fourth-order valence-corrected chi connectivity index (χ4v) is 3.73. The van der Waals surface area contributed by atoms with Crippen molar-refractivity contribution < 1.29 is 9.53 Å². The zero-order valence-electron chi connectivity index (χ0n) is 14.2. The maximum Gasteiger partial charge on any atom is 0.356 e. The van der Waals surface area contributed by atoms with Gasteiger partial charge in [0.2, 0.25) is 0 Å². The number of nitrogens with zero attached hydrogens (tertiary/aromatic N) is 2. The second kappa shape index (κ2) is 7.49. The summed E-state index contributed by atoms with van der Waals surface area (Å²) in [5, 5.41) is 5.41. The Morgan fingerprint density at radius 1 is 1.40 bits per heavy atom. The molecule has 0 aliphatic heterocycles. The fraction of sp³-hybridized carbons (Fsp3) is 0.278. The van der Waals surface area contributed by atoms with Gasteiger partial charge in [-0.15, -0.1) is 11.3 Å². The smallest absolute Gasteiger partial charge is 0.356 e. The number of pyridine rings is 1. The molecule has 0 bridgehead atoms. The molecule has 5 nitrogen and oxygen atoms in total. The summed E-state index contributed by atoms with van der Waals surface area (Å²) in [5.41, 5.74) is 1.84. The van der Waals surface area contributed by atoms with E-state index in [1.807, 2.05) is 24.4 Å². The van der Waals surface area contributed by atoms with Crippen LogP contribution in [0.15, 0.2) is 34.9 Å². The summed E-state index contributed by atoms with van der Waals surface area (Å²) in [7, 11) is 1.35. The maximum absolute atomic E-state index is 11.9. The SMILES string of the molecule is CCc1cnc(C(C)Nc2cc(C(=O)OC)nc3ccc(Br)cc23)s1. The Labute approximate surface area is 158 Å². The van der Waals surface area contributed by atoms with Crippen LogP contribution in [0.2, 0.25) is 0 Å². The molecule has 0 spiro atoms. The Balaban J connectivity index is 2.03. The lowest BCUT2D eigenvalue weighted by Crippen LogP contribution is -2.10. The van der Waals surface area contributed by atoms with E-state index in [1.54, 1.807) is 17.4 Å². The van der Waals surface area contributed by atoms with Crippen LogP contribution in [0.25, 0.3) is 10.9 Å². The van der Waals surface area contributed by atoms with Gasteiger partial charge in [-0.3, -0.25) is 0 Å². The van der Waals surface area contributed by atoms with Crippen LogP contribution in [0, 0.1) is 0 Å². The van der Waals surface area contributed by atoms with Crippen LogP contribution in [-0.4, -0.2) is 23.0 Å². The number of methoxy groups -OCH3 is 1. The van der Waals surface area contributed by atoms with Gasteiger partial charge in [-0.25, -0.2) is 14.8 Å². The van der Waals surface area contributed by atoms with Crippen LogP contribution < -0.4 is 5.32 Å². The van der Waals surface area contributed by atoms with Crippen LogP contribution in [0.3, 0.4) is 0 Å².